The molecular formula is C24H34ClN7O. The molecule has 3 rings (SSSR count). The molecule has 9 heteroatoms. The summed E-state index contributed by atoms with van der Waals surface area (Å²) in [5, 5.41) is 15.7. The maximum Gasteiger partial charge on any atom is 0.228 e. The van der Waals surface area contributed by atoms with Gasteiger partial charge in [-0.1, -0.05) is 23.7 Å². The fourth-order valence-corrected chi connectivity index (χ4v) is 4.06. The summed E-state index contributed by atoms with van der Waals surface area (Å²) in [5.74, 6) is 1.31. The summed E-state index contributed by atoms with van der Waals surface area (Å²) in [7, 11) is 0. The number of benzene rings is 1. The summed E-state index contributed by atoms with van der Waals surface area (Å²) in [5.41, 5.74) is 2.10. The molecule has 1 fully saturated rings. The summed E-state index contributed by atoms with van der Waals surface area (Å²) < 4.78 is 0. The number of nitrogens with zero attached hydrogens (tertiary/aromatic N) is 4. The van der Waals surface area contributed by atoms with Crippen LogP contribution in [-0.4, -0.2) is 64.7 Å². The van der Waals surface area contributed by atoms with E-state index < -0.39 is 0 Å². The van der Waals surface area contributed by atoms with Crippen LogP contribution >= 0.6 is 11.6 Å². The first-order chi connectivity index (χ1) is 15.6. The van der Waals surface area contributed by atoms with Gasteiger partial charge in [-0.25, -0.2) is 4.98 Å². The lowest BCUT2D eigenvalue weighted by Crippen LogP contribution is -2.48. The average Bonchev–Trinajstić information content (AvgIpc) is 2.75. The highest BCUT2D eigenvalue weighted by molar-refractivity contribution is 6.30. The van der Waals surface area contributed by atoms with Crippen molar-refractivity contribution in [1.82, 2.24) is 14.9 Å². The number of amides is 1. The van der Waals surface area contributed by atoms with E-state index in [1.165, 1.54) is 6.21 Å². The molecule has 0 unspecified atom stereocenters. The molecule has 1 aliphatic rings. The maximum absolute atomic E-state index is 11.7. The molecule has 1 saturated heterocycles. The van der Waals surface area contributed by atoms with Gasteiger partial charge in [0, 0.05) is 55.9 Å². The van der Waals surface area contributed by atoms with Gasteiger partial charge in [-0.2, -0.15) is 4.98 Å². The molecule has 3 N–H and O–H groups in total. The highest BCUT2D eigenvalue weighted by atomic mass is 35.5. The summed E-state index contributed by atoms with van der Waals surface area (Å²) in [6, 6.07) is 8.01. The number of hydrogen-bond donors (Lipinski definition) is 3. The Labute approximate surface area is 201 Å². The number of nitrogens with one attached hydrogen (secondary N) is 3. The smallest absolute Gasteiger partial charge is 0.228 e. The van der Waals surface area contributed by atoms with Gasteiger partial charge in [0.2, 0.25) is 11.9 Å². The highest BCUT2D eigenvalue weighted by Gasteiger charge is 2.26. The van der Waals surface area contributed by atoms with E-state index in [0.717, 1.165) is 17.7 Å². The molecule has 0 radical (unpaired) electrons. The predicted molar refractivity (Wildman–Crippen MR) is 136 cm³/mol. The van der Waals surface area contributed by atoms with E-state index in [2.05, 4.69) is 34.4 Å². The van der Waals surface area contributed by atoms with Crippen molar-refractivity contribution in [2.45, 2.75) is 52.6 Å². The van der Waals surface area contributed by atoms with Gasteiger partial charge in [-0.05, 0) is 51.8 Å². The zero-order valence-electron chi connectivity index (χ0n) is 20.1. The van der Waals surface area contributed by atoms with E-state index in [0.29, 0.717) is 48.7 Å². The molecule has 178 valence electrons. The molecule has 33 heavy (non-hydrogen) atoms. The van der Waals surface area contributed by atoms with E-state index in [9.17, 15) is 4.79 Å². The van der Waals surface area contributed by atoms with Crippen LogP contribution in [0.3, 0.4) is 0 Å². The molecule has 0 bridgehead atoms. The van der Waals surface area contributed by atoms with E-state index in [-0.39, 0.29) is 17.5 Å². The summed E-state index contributed by atoms with van der Waals surface area (Å²) in [6.07, 6.45) is 2.03. The highest BCUT2D eigenvalue weighted by Crippen LogP contribution is 2.30. The Hall–Kier alpha value is -2.87. The van der Waals surface area contributed by atoms with Gasteiger partial charge in [-0.3, -0.25) is 4.79 Å². The van der Waals surface area contributed by atoms with Crippen molar-refractivity contribution >= 4 is 41.2 Å². The van der Waals surface area contributed by atoms with Crippen LogP contribution in [0.4, 0.5) is 17.5 Å². The molecule has 0 saturated carbocycles. The minimum atomic E-state index is -0.320. The number of halogens is 1. The van der Waals surface area contributed by atoms with Gasteiger partial charge < -0.3 is 25.8 Å². The molecule has 0 spiro atoms. The van der Waals surface area contributed by atoms with Crippen LogP contribution in [0, 0.1) is 5.41 Å². The van der Waals surface area contributed by atoms with Crippen LogP contribution < -0.4 is 15.5 Å². The van der Waals surface area contributed by atoms with E-state index in [4.69, 9.17) is 22.0 Å². The fraction of sp³-hybridized carbons (Fsp3) is 0.500. The second-order valence-electron chi connectivity index (χ2n) is 9.38. The summed E-state index contributed by atoms with van der Waals surface area (Å²) >= 11 is 6.04. The van der Waals surface area contributed by atoms with Crippen LogP contribution in [0.25, 0.3) is 0 Å². The largest absolute Gasteiger partial charge is 0.378 e. The molecule has 1 aliphatic heterocycles. The van der Waals surface area contributed by atoms with Crippen molar-refractivity contribution in [3.8, 4) is 0 Å². The lowest BCUT2D eigenvalue weighted by molar-refractivity contribution is -0.129. The quantitative estimate of drug-likeness (QED) is 0.502. The van der Waals surface area contributed by atoms with Crippen molar-refractivity contribution < 1.29 is 4.79 Å². The Balaban J connectivity index is 1.91. The Kier molecular flexibility index (Phi) is 7.79. The van der Waals surface area contributed by atoms with E-state index in [1.54, 1.807) is 6.92 Å². The van der Waals surface area contributed by atoms with Crippen molar-refractivity contribution in [2.24, 2.45) is 0 Å². The third-order valence-electron chi connectivity index (χ3n) is 5.52. The van der Waals surface area contributed by atoms with Gasteiger partial charge in [0.05, 0.1) is 0 Å². The minimum Gasteiger partial charge on any atom is -0.378 e. The SMILES string of the molecule is CC(=O)N1CCN(c2nc(C=N)c(NC(C)C)c(NC(C)(C)Cc3ccc(Cl)cc3)n2)CC1. The molecular weight excluding hydrogens is 438 g/mol. The zero-order chi connectivity index (χ0) is 24.2. The first-order valence-corrected chi connectivity index (χ1v) is 11.7. The number of anilines is 3. The molecule has 8 nitrogen and oxygen atoms in total. The van der Waals surface area contributed by atoms with Gasteiger partial charge in [-0.15, -0.1) is 0 Å². The van der Waals surface area contributed by atoms with Gasteiger partial charge >= 0.3 is 0 Å². The van der Waals surface area contributed by atoms with E-state index >= 15 is 0 Å². The van der Waals surface area contributed by atoms with Crippen LogP contribution in [0.15, 0.2) is 24.3 Å². The third-order valence-corrected chi connectivity index (χ3v) is 5.77. The maximum atomic E-state index is 11.7. The Morgan fingerprint density at radius 3 is 2.36 bits per heavy atom. The van der Waals surface area contributed by atoms with Crippen LogP contribution in [0.5, 0.6) is 0 Å². The lowest BCUT2D eigenvalue weighted by atomic mass is 9.95. The zero-order valence-corrected chi connectivity index (χ0v) is 20.8. The van der Waals surface area contributed by atoms with Crippen molar-refractivity contribution in [2.75, 3.05) is 41.7 Å². The first-order valence-electron chi connectivity index (χ1n) is 11.3. The number of carbonyl (C=O) groups is 1. The Morgan fingerprint density at radius 2 is 1.82 bits per heavy atom. The number of carbonyl (C=O) groups excluding carboxylic acids is 1. The number of rotatable bonds is 8. The van der Waals surface area contributed by atoms with Gasteiger partial charge in [0.25, 0.3) is 0 Å². The first kappa shape index (κ1) is 24.8. The van der Waals surface area contributed by atoms with Crippen molar-refractivity contribution in [3.63, 3.8) is 0 Å². The molecule has 0 atom stereocenters. The number of piperazine rings is 1. The standard InChI is InChI=1S/C24H34ClN7O/c1-16(2)27-21-20(15-26)28-23(32-12-10-31(11-13-32)17(3)33)29-22(21)30-24(4,5)14-18-6-8-19(25)9-7-18/h6-9,15-16,26-27H,10-14H2,1-5H3,(H,28,29,30). The Bertz CT molecular complexity index is 983. The topological polar surface area (TPSA) is 97.2 Å². The van der Waals surface area contributed by atoms with E-state index in [1.807, 2.05) is 43.0 Å². The normalized spacial score (nSPS) is 14.4. The number of aromatic nitrogens is 2. The minimum absolute atomic E-state index is 0.0820. The lowest BCUT2D eigenvalue weighted by Gasteiger charge is -2.35. The second-order valence-corrected chi connectivity index (χ2v) is 9.82. The molecule has 2 heterocycles. The van der Waals surface area contributed by atoms with Crippen molar-refractivity contribution in [1.29, 1.82) is 5.41 Å². The van der Waals surface area contributed by atoms with Crippen LogP contribution in [0.1, 0.15) is 45.9 Å². The molecule has 1 amide bonds. The van der Waals surface area contributed by atoms with Crippen LogP contribution in [0.2, 0.25) is 5.02 Å². The summed E-state index contributed by atoms with van der Waals surface area (Å²) in [6.45, 7) is 12.5. The second kappa shape index (κ2) is 10.4. The fourth-order valence-electron chi connectivity index (χ4n) is 3.93. The Morgan fingerprint density at radius 1 is 1.18 bits per heavy atom. The molecule has 1 aromatic carbocycles. The number of hydrogen-bond acceptors (Lipinski definition) is 7. The van der Waals surface area contributed by atoms with Gasteiger partial charge in [0.1, 0.15) is 11.4 Å². The van der Waals surface area contributed by atoms with Gasteiger partial charge in [0.15, 0.2) is 5.82 Å². The monoisotopic (exact) mass is 471 g/mol. The molecule has 0 aliphatic carbocycles. The third kappa shape index (κ3) is 6.57. The summed E-state index contributed by atoms with van der Waals surface area (Å²) in [4.78, 5) is 25.1. The van der Waals surface area contributed by atoms with Crippen molar-refractivity contribution in [3.05, 3.63) is 40.5 Å². The average molecular weight is 472 g/mol. The molecule has 1 aromatic heterocycles. The molecule has 2 aromatic rings. The van der Waals surface area contributed by atoms with Crippen LogP contribution in [-0.2, 0) is 11.2 Å². The predicted octanol–water partition coefficient (Wildman–Crippen LogP) is 4.05.